The molecule has 0 amide bonds. The van der Waals surface area contributed by atoms with E-state index in [0.29, 0.717) is 17.1 Å². The van der Waals surface area contributed by atoms with E-state index in [2.05, 4.69) is 5.32 Å². The molecule has 1 aromatic heterocycles. The first-order valence-electron chi connectivity index (χ1n) is 6.87. The lowest BCUT2D eigenvalue weighted by Gasteiger charge is -2.06. The molecule has 0 fully saturated rings. The van der Waals surface area contributed by atoms with Crippen LogP contribution in [-0.4, -0.2) is 16.0 Å². The summed E-state index contributed by atoms with van der Waals surface area (Å²) >= 11 is 1.34. The Hall–Kier alpha value is -2.41. The molecule has 116 valence electrons. The Labute approximate surface area is 131 Å². The molecule has 1 heterocycles. The van der Waals surface area contributed by atoms with Crippen molar-refractivity contribution in [2.75, 3.05) is 5.32 Å². The molecule has 0 atom stereocenters. The first-order chi connectivity index (χ1) is 10.5. The number of rotatable bonds is 6. The lowest BCUT2D eigenvalue weighted by Crippen LogP contribution is -2.04. The van der Waals surface area contributed by atoms with Gasteiger partial charge >= 0.3 is 5.97 Å². The Kier molecular flexibility index (Phi) is 4.77. The predicted octanol–water partition coefficient (Wildman–Crippen LogP) is 4.22. The number of benzene rings is 1. The minimum Gasteiger partial charge on any atom is -0.478 e. The number of aryl methyl sites for hydroxylation is 1. The number of anilines is 2. The van der Waals surface area contributed by atoms with Gasteiger partial charge in [0, 0.05) is 10.9 Å². The molecule has 0 aliphatic rings. The van der Waals surface area contributed by atoms with E-state index in [1.165, 1.54) is 17.4 Å². The third-order valence-electron chi connectivity index (χ3n) is 3.33. The van der Waals surface area contributed by atoms with Crippen molar-refractivity contribution < 1.29 is 14.8 Å². The lowest BCUT2D eigenvalue weighted by molar-refractivity contribution is -0.383. The summed E-state index contributed by atoms with van der Waals surface area (Å²) in [6.45, 7) is 3.87. The molecule has 2 rings (SSSR count). The Morgan fingerprint density at radius 2 is 2.00 bits per heavy atom. The van der Waals surface area contributed by atoms with Gasteiger partial charge in [-0.25, -0.2) is 4.79 Å². The molecule has 7 heteroatoms. The molecule has 22 heavy (non-hydrogen) atoms. The van der Waals surface area contributed by atoms with Gasteiger partial charge in [0.15, 0.2) is 0 Å². The van der Waals surface area contributed by atoms with Gasteiger partial charge in [0.2, 0.25) is 0 Å². The fraction of sp³-hybridized carbons (Fsp3) is 0.267. The molecular formula is C15H16N2O4S. The number of nitrogens with one attached hydrogen (secondary N) is 1. The molecule has 0 saturated carbocycles. The van der Waals surface area contributed by atoms with Gasteiger partial charge in [-0.1, -0.05) is 26.0 Å². The first-order valence-corrected chi connectivity index (χ1v) is 7.69. The lowest BCUT2D eigenvalue weighted by atomic mass is 10.1. The number of carbonyl (C=O) groups is 1. The quantitative estimate of drug-likeness (QED) is 0.614. The molecular weight excluding hydrogens is 304 g/mol. The summed E-state index contributed by atoms with van der Waals surface area (Å²) in [6, 6.07) is 6.20. The van der Waals surface area contributed by atoms with Gasteiger partial charge in [-0.2, -0.15) is 0 Å². The second-order valence-electron chi connectivity index (χ2n) is 4.62. The fourth-order valence-electron chi connectivity index (χ4n) is 2.35. The summed E-state index contributed by atoms with van der Waals surface area (Å²) in [5, 5.41) is 23.9. The molecule has 6 nitrogen and oxygen atoms in total. The zero-order chi connectivity index (χ0) is 16.3. The Morgan fingerprint density at radius 1 is 1.32 bits per heavy atom. The number of carboxylic acids is 1. The molecule has 0 bridgehead atoms. The molecule has 0 aliphatic heterocycles. The van der Waals surface area contributed by atoms with Crippen LogP contribution >= 0.6 is 11.3 Å². The minimum atomic E-state index is -1.02. The van der Waals surface area contributed by atoms with E-state index in [4.69, 9.17) is 0 Å². The van der Waals surface area contributed by atoms with E-state index < -0.39 is 10.9 Å². The van der Waals surface area contributed by atoms with E-state index >= 15 is 0 Å². The van der Waals surface area contributed by atoms with Crippen molar-refractivity contribution in [3.8, 4) is 0 Å². The molecule has 0 unspecified atom stereocenters. The normalized spacial score (nSPS) is 10.5. The van der Waals surface area contributed by atoms with Gasteiger partial charge in [0.25, 0.3) is 5.69 Å². The number of nitro benzene ring substituents is 1. The topological polar surface area (TPSA) is 92.5 Å². The number of carboxylic acid groups (broad SMARTS) is 1. The van der Waals surface area contributed by atoms with E-state index in [0.717, 1.165) is 16.9 Å². The van der Waals surface area contributed by atoms with Crippen molar-refractivity contribution >= 4 is 33.7 Å². The number of nitrogens with zero attached hydrogens (tertiary/aromatic N) is 1. The van der Waals surface area contributed by atoms with Crippen molar-refractivity contribution in [3.63, 3.8) is 0 Å². The van der Waals surface area contributed by atoms with E-state index in [-0.39, 0.29) is 11.3 Å². The number of hydrogen-bond donors (Lipinski definition) is 2. The monoisotopic (exact) mass is 320 g/mol. The summed E-state index contributed by atoms with van der Waals surface area (Å²) in [4.78, 5) is 23.1. The maximum Gasteiger partial charge on any atom is 0.339 e. The van der Waals surface area contributed by atoms with E-state index in [1.54, 1.807) is 18.2 Å². The number of nitro groups is 1. The number of thiophene rings is 1. The highest BCUT2D eigenvalue weighted by molar-refractivity contribution is 7.16. The van der Waals surface area contributed by atoms with Gasteiger partial charge in [-0.3, -0.25) is 10.1 Å². The predicted molar refractivity (Wildman–Crippen MR) is 86.4 cm³/mol. The summed E-state index contributed by atoms with van der Waals surface area (Å²) in [6.07, 6.45) is 1.34. The second kappa shape index (κ2) is 6.57. The SMILES string of the molecule is CCc1sc(Nc2ccccc2[N+](=O)[O-])c(C(=O)O)c1CC. The average molecular weight is 320 g/mol. The van der Waals surface area contributed by atoms with Gasteiger partial charge in [-0.15, -0.1) is 11.3 Å². The van der Waals surface area contributed by atoms with Gasteiger partial charge < -0.3 is 10.4 Å². The molecule has 0 saturated heterocycles. The second-order valence-corrected chi connectivity index (χ2v) is 5.72. The zero-order valence-electron chi connectivity index (χ0n) is 12.3. The minimum absolute atomic E-state index is 0.0802. The van der Waals surface area contributed by atoms with Crippen molar-refractivity contribution in [2.45, 2.75) is 26.7 Å². The number of hydrogen-bond acceptors (Lipinski definition) is 5. The van der Waals surface area contributed by atoms with Crippen LogP contribution in [0, 0.1) is 10.1 Å². The summed E-state index contributed by atoms with van der Waals surface area (Å²) in [7, 11) is 0. The van der Waals surface area contributed by atoms with Crippen LogP contribution in [0.4, 0.5) is 16.4 Å². The van der Waals surface area contributed by atoms with E-state index in [1.807, 2.05) is 13.8 Å². The highest BCUT2D eigenvalue weighted by atomic mass is 32.1. The van der Waals surface area contributed by atoms with Gasteiger partial charge in [0.05, 0.1) is 10.5 Å². The number of aromatic carboxylic acids is 1. The van der Waals surface area contributed by atoms with Gasteiger partial charge in [-0.05, 0) is 24.5 Å². The van der Waals surface area contributed by atoms with Crippen molar-refractivity contribution in [1.82, 2.24) is 0 Å². The molecule has 2 aromatic rings. The van der Waals surface area contributed by atoms with Crippen LogP contribution in [0.3, 0.4) is 0 Å². The highest BCUT2D eigenvalue weighted by Crippen LogP contribution is 2.38. The van der Waals surface area contributed by atoms with Crippen LogP contribution in [0.1, 0.15) is 34.6 Å². The van der Waals surface area contributed by atoms with E-state index in [9.17, 15) is 20.0 Å². The highest BCUT2D eigenvalue weighted by Gasteiger charge is 2.23. The first kappa shape index (κ1) is 16.0. The maximum absolute atomic E-state index is 11.6. The van der Waals surface area contributed by atoms with Crippen LogP contribution < -0.4 is 5.32 Å². The van der Waals surface area contributed by atoms with Crippen molar-refractivity contribution in [2.24, 2.45) is 0 Å². The van der Waals surface area contributed by atoms with Crippen LogP contribution in [0.25, 0.3) is 0 Å². The molecule has 0 aliphatic carbocycles. The Bertz CT molecular complexity index is 724. The fourth-order valence-corrected chi connectivity index (χ4v) is 3.58. The van der Waals surface area contributed by atoms with Crippen molar-refractivity contribution in [1.29, 1.82) is 0 Å². The Morgan fingerprint density at radius 3 is 2.55 bits per heavy atom. The standard InChI is InChI=1S/C15H16N2O4S/c1-3-9-12(4-2)22-14(13(9)15(18)19)16-10-7-5-6-8-11(10)17(20)21/h5-8,16H,3-4H2,1-2H3,(H,18,19). The van der Waals surface area contributed by atoms with Crippen LogP contribution in [-0.2, 0) is 12.8 Å². The maximum atomic E-state index is 11.6. The molecule has 0 radical (unpaired) electrons. The summed E-state index contributed by atoms with van der Waals surface area (Å²) < 4.78 is 0. The van der Waals surface area contributed by atoms with Crippen molar-refractivity contribution in [3.05, 3.63) is 50.4 Å². The molecule has 0 spiro atoms. The van der Waals surface area contributed by atoms with Crippen LogP contribution in [0.5, 0.6) is 0 Å². The molecule has 1 aromatic carbocycles. The third kappa shape index (κ3) is 2.94. The largest absolute Gasteiger partial charge is 0.478 e. The summed E-state index contributed by atoms with van der Waals surface area (Å²) in [5.74, 6) is -1.02. The van der Waals surface area contributed by atoms with Crippen LogP contribution in [0.2, 0.25) is 0 Å². The zero-order valence-corrected chi connectivity index (χ0v) is 13.1. The average Bonchev–Trinajstić information content (AvgIpc) is 2.85. The molecule has 2 N–H and O–H groups in total. The Balaban J connectivity index is 2.53. The smallest absolute Gasteiger partial charge is 0.339 e. The van der Waals surface area contributed by atoms with Gasteiger partial charge in [0.1, 0.15) is 10.7 Å². The van der Waals surface area contributed by atoms with Crippen LogP contribution in [0.15, 0.2) is 24.3 Å². The third-order valence-corrected chi connectivity index (χ3v) is 4.62. The number of para-hydroxylation sites is 2. The summed E-state index contributed by atoms with van der Waals surface area (Å²) in [5.41, 5.74) is 1.22.